The van der Waals surface area contributed by atoms with E-state index in [1.165, 1.54) is 0 Å². The van der Waals surface area contributed by atoms with E-state index in [1.807, 2.05) is 109 Å². The molecule has 0 radical (unpaired) electrons. The fourth-order valence-electron chi connectivity index (χ4n) is 6.54. The Balaban J connectivity index is 0.000000320. The molecule has 4 aromatic rings. The Morgan fingerprint density at radius 3 is 1.10 bits per heavy atom. The summed E-state index contributed by atoms with van der Waals surface area (Å²) in [6, 6.07) is 35.6. The van der Waals surface area contributed by atoms with Gasteiger partial charge in [-0.3, -0.25) is 28.8 Å². The highest BCUT2D eigenvalue weighted by Crippen LogP contribution is 2.23. The van der Waals surface area contributed by atoms with E-state index in [4.69, 9.17) is 19.7 Å². The van der Waals surface area contributed by atoms with Crippen LogP contribution in [0.4, 0.5) is 0 Å². The van der Waals surface area contributed by atoms with E-state index in [2.05, 4.69) is 10.6 Å². The molecule has 0 unspecified atom stereocenters. The van der Waals surface area contributed by atoms with Gasteiger partial charge in [-0.2, -0.15) is 0 Å². The molecule has 12 nitrogen and oxygen atoms in total. The molecule has 60 heavy (non-hydrogen) atoms. The zero-order valence-electron chi connectivity index (χ0n) is 34.9. The number of rotatable bonds is 22. The Morgan fingerprint density at radius 2 is 0.800 bits per heavy atom. The number of ether oxygens (including phenoxy) is 2. The first-order valence-corrected chi connectivity index (χ1v) is 20.4. The molecule has 4 atom stereocenters. The van der Waals surface area contributed by atoms with Crippen LogP contribution in [0.1, 0.15) is 77.3 Å². The normalized spacial score (nSPS) is 12.6. The molecule has 0 bridgehead atoms. The molecule has 4 N–H and O–H groups in total. The Morgan fingerprint density at radius 1 is 0.483 bits per heavy atom. The highest BCUT2D eigenvalue weighted by Gasteiger charge is 2.24. The van der Waals surface area contributed by atoms with Gasteiger partial charge < -0.3 is 30.3 Å². The molecule has 2 amide bonds. The topological polar surface area (TPSA) is 185 Å². The summed E-state index contributed by atoms with van der Waals surface area (Å²) in [5, 5.41) is 23.3. The molecule has 0 spiro atoms. The SMILES string of the molecule is CCOC(=O)[C@H](C)C[C@@H](Cc1ccc(-c2ccccc2)cc1)NC(=O)CCC(=O)O.CCOC(=O)[C@H](C)C[C@H](Cc1ccc(-c2ccccc2)cc1)NC(=O)CCC(=O)O. The van der Waals surface area contributed by atoms with Crippen LogP contribution in [0.15, 0.2) is 109 Å². The van der Waals surface area contributed by atoms with Crippen molar-refractivity contribution in [2.24, 2.45) is 11.8 Å². The van der Waals surface area contributed by atoms with E-state index in [-0.39, 0.29) is 73.4 Å². The zero-order valence-corrected chi connectivity index (χ0v) is 34.9. The van der Waals surface area contributed by atoms with Gasteiger partial charge in [0.15, 0.2) is 0 Å². The number of amides is 2. The van der Waals surface area contributed by atoms with Gasteiger partial charge in [0.2, 0.25) is 11.8 Å². The highest BCUT2D eigenvalue weighted by molar-refractivity contribution is 5.81. The Kier molecular flexibility index (Phi) is 20.8. The van der Waals surface area contributed by atoms with Gasteiger partial charge >= 0.3 is 23.9 Å². The van der Waals surface area contributed by atoms with Crippen LogP contribution in [-0.4, -0.2) is 71.2 Å². The second kappa shape index (κ2) is 25.9. The van der Waals surface area contributed by atoms with E-state index >= 15 is 0 Å². The standard InChI is InChI=1S/2C24H29NO5/c2*1-3-30-24(29)17(2)15-21(25-22(26)13-14-23(27)28)16-18-9-11-20(12-10-18)19-7-5-4-6-8-19/h2*4-12,17,21H,3,13-16H2,1-2H3,(H,25,26)(H,27,28)/t17-,21+;17-,21-/m11/s1. The van der Waals surface area contributed by atoms with Gasteiger partial charge in [0, 0.05) is 24.9 Å². The van der Waals surface area contributed by atoms with E-state index in [1.54, 1.807) is 27.7 Å². The average Bonchev–Trinajstić information content (AvgIpc) is 3.23. The zero-order chi connectivity index (χ0) is 43.9. The van der Waals surface area contributed by atoms with Crippen molar-refractivity contribution in [2.75, 3.05) is 13.2 Å². The Labute approximate surface area is 352 Å². The van der Waals surface area contributed by atoms with Crippen LogP contribution >= 0.6 is 0 Å². The molecule has 0 fully saturated rings. The van der Waals surface area contributed by atoms with Gasteiger partial charge in [-0.15, -0.1) is 0 Å². The molecule has 4 rings (SSSR count). The predicted molar refractivity (Wildman–Crippen MR) is 230 cm³/mol. The highest BCUT2D eigenvalue weighted by atomic mass is 16.5. The maximum atomic E-state index is 12.2. The summed E-state index contributed by atoms with van der Waals surface area (Å²) >= 11 is 0. The molecular formula is C48H58N2O10. The minimum atomic E-state index is -1.02. The maximum absolute atomic E-state index is 12.2. The third kappa shape index (κ3) is 18.1. The lowest BCUT2D eigenvalue weighted by molar-refractivity contribution is -0.148. The molecule has 4 aromatic carbocycles. The van der Waals surface area contributed by atoms with Gasteiger partial charge in [-0.05, 0) is 72.9 Å². The molecule has 0 aliphatic carbocycles. The number of hydrogen-bond acceptors (Lipinski definition) is 8. The third-order valence-electron chi connectivity index (χ3n) is 9.60. The summed E-state index contributed by atoms with van der Waals surface area (Å²) in [6.07, 6.45) is 1.28. The largest absolute Gasteiger partial charge is 0.481 e. The first kappa shape index (κ1) is 48.1. The molecule has 0 aromatic heterocycles. The first-order chi connectivity index (χ1) is 28.8. The van der Waals surface area contributed by atoms with Crippen molar-refractivity contribution in [3.8, 4) is 22.3 Å². The number of carboxylic acid groups (broad SMARTS) is 2. The second-order valence-corrected chi connectivity index (χ2v) is 14.6. The first-order valence-electron chi connectivity index (χ1n) is 20.4. The molecule has 0 saturated carbocycles. The van der Waals surface area contributed by atoms with E-state index in [0.717, 1.165) is 33.4 Å². The van der Waals surface area contributed by atoms with E-state index in [0.29, 0.717) is 38.9 Å². The van der Waals surface area contributed by atoms with Crippen LogP contribution in [0.25, 0.3) is 22.3 Å². The van der Waals surface area contributed by atoms with Crippen LogP contribution in [-0.2, 0) is 51.1 Å². The molecular weight excluding hydrogens is 765 g/mol. The monoisotopic (exact) mass is 822 g/mol. The fourth-order valence-corrected chi connectivity index (χ4v) is 6.54. The molecule has 0 aliphatic heterocycles. The average molecular weight is 823 g/mol. The van der Waals surface area contributed by atoms with Crippen molar-refractivity contribution in [1.82, 2.24) is 10.6 Å². The predicted octanol–water partition coefficient (Wildman–Crippen LogP) is 7.67. The summed E-state index contributed by atoms with van der Waals surface area (Å²) in [4.78, 5) is 69.8. The fraction of sp³-hybridized carbons (Fsp3) is 0.375. The summed E-state index contributed by atoms with van der Waals surface area (Å²) < 4.78 is 10.1. The summed E-state index contributed by atoms with van der Waals surface area (Å²) in [7, 11) is 0. The van der Waals surface area contributed by atoms with Crippen molar-refractivity contribution in [3.63, 3.8) is 0 Å². The van der Waals surface area contributed by atoms with Gasteiger partial charge in [0.05, 0.1) is 37.9 Å². The van der Waals surface area contributed by atoms with Crippen molar-refractivity contribution in [3.05, 3.63) is 120 Å². The quantitative estimate of drug-likeness (QED) is 0.0574. The lowest BCUT2D eigenvalue weighted by Gasteiger charge is -2.22. The van der Waals surface area contributed by atoms with Gasteiger partial charge in [0.25, 0.3) is 0 Å². The van der Waals surface area contributed by atoms with Gasteiger partial charge in [-0.25, -0.2) is 0 Å². The van der Waals surface area contributed by atoms with Crippen molar-refractivity contribution in [2.45, 2.75) is 91.1 Å². The summed E-state index contributed by atoms with van der Waals surface area (Å²) in [5.41, 5.74) is 6.49. The van der Waals surface area contributed by atoms with Crippen LogP contribution in [0, 0.1) is 11.8 Å². The summed E-state index contributed by atoms with van der Waals surface area (Å²) in [5.74, 6) is -4.06. The number of benzene rings is 4. The van der Waals surface area contributed by atoms with Crippen molar-refractivity contribution < 1.29 is 48.5 Å². The van der Waals surface area contributed by atoms with Crippen LogP contribution in [0.5, 0.6) is 0 Å². The molecule has 12 heteroatoms. The molecule has 0 heterocycles. The number of carboxylic acids is 2. The lowest BCUT2D eigenvalue weighted by Crippen LogP contribution is -2.39. The number of nitrogens with one attached hydrogen (secondary N) is 2. The summed E-state index contributed by atoms with van der Waals surface area (Å²) in [6.45, 7) is 7.66. The number of carbonyl (C=O) groups excluding carboxylic acids is 4. The third-order valence-corrected chi connectivity index (χ3v) is 9.60. The van der Waals surface area contributed by atoms with Crippen molar-refractivity contribution >= 4 is 35.7 Å². The minimum absolute atomic E-state index is 0.0907. The Hall–Kier alpha value is -6.30. The number of carbonyl (C=O) groups is 6. The van der Waals surface area contributed by atoms with E-state index in [9.17, 15) is 28.8 Å². The lowest BCUT2D eigenvalue weighted by atomic mass is 9.94. The van der Waals surface area contributed by atoms with Crippen LogP contribution < -0.4 is 10.6 Å². The minimum Gasteiger partial charge on any atom is -0.481 e. The molecule has 0 saturated heterocycles. The van der Waals surface area contributed by atoms with Gasteiger partial charge in [-0.1, -0.05) is 123 Å². The van der Waals surface area contributed by atoms with E-state index < -0.39 is 11.9 Å². The molecule has 0 aliphatic rings. The van der Waals surface area contributed by atoms with Crippen LogP contribution in [0.2, 0.25) is 0 Å². The van der Waals surface area contributed by atoms with Crippen LogP contribution in [0.3, 0.4) is 0 Å². The molecule has 320 valence electrons. The van der Waals surface area contributed by atoms with Gasteiger partial charge in [0.1, 0.15) is 0 Å². The number of hydrogen-bond donors (Lipinski definition) is 4. The Bertz CT molecular complexity index is 1810. The van der Waals surface area contributed by atoms with Crippen molar-refractivity contribution in [1.29, 1.82) is 0 Å². The maximum Gasteiger partial charge on any atom is 0.308 e. The number of aliphatic carboxylic acids is 2. The number of esters is 2. The smallest absolute Gasteiger partial charge is 0.308 e. The second-order valence-electron chi connectivity index (χ2n) is 14.6.